The van der Waals surface area contributed by atoms with Gasteiger partial charge < -0.3 is 20.5 Å². The maximum absolute atomic E-state index is 12.8. The van der Waals surface area contributed by atoms with Crippen molar-refractivity contribution in [1.29, 1.82) is 0 Å². The van der Waals surface area contributed by atoms with Crippen molar-refractivity contribution in [1.82, 2.24) is 10.6 Å². The second-order valence-corrected chi connectivity index (χ2v) is 9.20. The average Bonchev–Trinajstić information content (AvgIpc) is 3.15. The normalized spacial score (nSPS) is 13.7. The summed E-state index contributed by atoms with van der Waals surface area (Å²) in [6, 6.07) is 15.3. The molecule has 182 valence electrons. The van der Waals surface area contributed by atoms with Gasteiger partial charge in [-0.25, -0.2) is 4.79 Å². The fourth-order valence-corrected chi connectivity index (χ4v) is 4.55. The Balaban J connectivity index is 1.64. The van der Waals surface area contributed by atoms with Crippen LogP contribution in [0, 0.1) is 11.3 Å². The van der Waals surface area contributed by atoms with Crippen LogP contribution in [0.25, 0.3) is 11.1 Å². The first kappa shape index (κ1) is 25.3. The van der Waals surface area contributed by atoms with Crippen LogP contribution < -0.4 is 10.6 Å². The van der Waals surface area contributed by atoms with E-state index in [-0.39, 0.29) is 25.0 Å². The molecule has 7 nitrogen and oxygen atoms in total. The Morgan fingerprint density at radius 2 is 1.50 bits per heavy atom. The van der Waals surface area contributed by atoms with E-state index in [1.807, 2.05) is 50.2 Å². The standard InChI is InChI=1S/C27H34N2O5/c1-5-27(6-2,25(31)32)16-28-24(30)23(17(3)4)29-26(33)34-15-22-20-13-9-7-11-18(20)19-12-8-10-14-21(19)22/h7-14,17,22-23H,5-6,15-16H2,1-4H3,(H,28,30)(H,29,33)(H,31,32)/t23-/m0/s1. The molecule has 0 unspecified atom stereocenters. The summed E-state index contributed by atoms with van der Waals surface area (Å²) in [6.45, 7) is 7.37. The molecule has 0 fully saturated rings. The quantitative estimate of drug-likeness (QED) is 0.476. The number of ether oxygens (including phenoxy) is 1. The number of aliphatic carboxylic acids is 1. The molecule has 3 N–H and O–H groups in total. The number of carboxylic acid groups (broad SMARTS) is 1. The van der Waals surface area contributed by atoms with Crippen molar-refractivity contribution in [2.75, 3.05) is 13.2 Å². The molecule has 0 bridgehead atoms. The Morgan fingerprint density at radius 1 is 0.971 bits per heavy atom. The summed E-state index contributed by atoms with van der Waals surface area (Å²) in [5.41, 5.74) is 3.47. The molecule has 7 heteroatoms. The van der Waals surface area contributed by atoms with Crippen molar-refractivity contribution in [3.8, 4) is 11.1 Å². The Bertz CT molecular complexity index is 999. The first-order valence-electron chi connectivity index (χ1n) is 11.9. The lowest BCUT2D eigenvalue weighted by molar-refractivity contribution is -0.149. The summed E-state index contributed by atoms with van der Waals surface area (Å²) in [7, 11) is 0. The van der Waals surface area contributed by atoms with Crippen molar-refractivity contribution in [2.24, 2.45) is 11.3 Å². The maximum Gasteiger partial charge on any atom is 0.407 e. The first-order valence-corrected chi connectivity index (χ1v) is 11.9. The van der Waals surface area contributed by atoms with Crippen LogP contribution in [0.15, 0.2) is 48.5 Å². The third kappa shape index (κ3) is 5.08. The van der Waals surface area contributed by atoms with E-state index in [1.165, 1.54) is 0 Å². The zero-order valence-corrected chi connectivity index (χ0v) is 20.3. The Labute approximate surface area is 200 Å². The Kier molecular flexibility index (Phi) is 7.97. The number of carboxylic acids is 1. The number of carbonyl (C=O) groups excluding carboxylic acids is 2. The van der Waals surface area contributed by atoms with Crippen molar-refractivity contribution >= 4 is 18.0 Å². The van der Waals surface area contributed by atoms with Crippen LogP contribution in [0.4, 0.5) is 4.79 Å². The molecule has 1 atom stereocenters. The van der Waals surface area contributed by atoms with Gasteiger partial charge in [-0.05, 0) is 41.0 Å². The van der Waals surface area contributed by atoms with Gasteiger partial charge in [-0.15, -0.1) is 0 Å². The zero-order valence-electron chi connectivity index (χ0n) is 20.3. The molecule has 34 heavy (non-hydrogen) atoms. The minimum absolute atomic E-state index is 0.00373. The highest BCUT2D eigenvalue weighted by Crippen LogP contribution is 2.44. The lowest BCUT2D eigenvalue weighted by Gasteiger charge is -2.29. The van der Waals surface area contributed by atoms with E-state index >= 15 is 0 Å². The molecule has 3 rings (SSSR count). The van der Waals surface area contributed by atoms with Crippen LogP contribution in [0.5, 0.6) is 0 Å². The van der Waals surface area contributed by atoms with Crippen molar-refractivity contribution in [2.45, 2.75) is 52.5 Å². The van der Waals surface area contributed by atoms with E-state index in [2.05, 4.69) is 22.8 Å². The van der Waals surface area contributed by atoms with Crippen molar-refractivity contribution < 1.29 is 24.2 Å². The van der Waals surface area contributed by atoms with Crippen LogP contribution in [-0.2, 0) is 14.3 Å². The number of hydrogen-bond donors (Lipinski definition) is 3. The fourth-order valence-electron chi connectivity index (χ4n) is 4.55. The van der Waals surface area contributed by atoms with Gasteiger partial charge in [-0.2, -0.15) is 0 Å². The molecule has 2 aromatic rings. The lowest BCUT2D eigenvalue weighted by Crippen LogP contribution is -2.52. The summed E-state index contributed by atoms with van der Waals surface area (Å²) in [6.07, 6.45) is 0.113. The first-order chi connectivity index (χ1) is 16.2. The van der Waals surface area contributed by atoms with Gasteiger partial charge >= 0.3 is 12.1 Å². The largest absolute Gasteiger partial charge is 0.481 e. The molecule has 0 radical (unpaired) electrons. The average molecular weight is 467 g/mol. The van der Waals surface area contributed by atoms with Crippen LogP contribution in [0.1, 0.15) is 57.6 Å². The molecule has 0 saturated heterocycles. The number of fused-ring (bicyclic) bond motifs is 3. The molecule has 0 aliphatic heterocycles. The minimum Gasteiger partial charge on any atom is -0.481 e. The number of alkyl carbamates (subject to hydrolysis) is 1. The van der Waals surface area contributed by atoms with Gasteiger partial charge in [0.2, 0.25) is 5.91 Å². The molecule has 0 spiro atoms. The van der Waals surface area contributed by atoms with E-state index in [9.17, 15) is 19.5 Å². The van der Waals surface area contributed by atoms with E-state index in [0.717, 1.165) is 22.3 Å². The van der Waals surface area contributed by atoms with Crippen LogP contribution in [0.2, 0.25) is 0 Å². The highest BCUT2D eigenvalue weighted by atomic mass is 16.5. The van der Waals surface area contributed by atoms with E-state index in [0.29, 0.717) is 12.8 Å². The summed E-state index contributed by atoms with van der Waals surface area (Å²) >= 11 is 0. The van der Waals surface area contributed by atoms with Crippen LogP contribution in [-0.4, -0.2) is 42.3 Å². The maximum atomic E-state index is 12.8. The molecule has 2 amide bonds. The number of rotatable bonds is 10. The van der Waals surface area contributed by atoms with Gasteiger partial charge in [-0.3, -0.25) is 9.59 Å². The number of amides is 2. The van der Waals surface area contributed by atoms with Crippen LogP contribution in [0.3, 0.4) is 0 Å². The van der Waals surface area contributed by atoms with Gasteiger partial charge in [0.1, 0.15) is 12.6 Å². The fraction of sp³-hybridized carbons (Fsp3) is 0.444. The van der Waals surface area contributed by atoms with Gasteiger partial charge in [-0.1, -0.05) is 76.2 Å². The van der Waals surface area contributed by atoms with Gasteiger partial charge in [0, 0.05) is 12.5 Å². The third-order valence-electron chi connectivity index (χ3n) is 6.97. The monoisotopic (exact) mass is 466 g/mol. The van der Waals surface area contributed by atoms with E-state index in [4.69, 9.17) is 4.74 Å². The minimum atomic E-state index is -1.03. The Morgan fingerprint density at radius 3 is 1.97 bits per heavy atom. The second kappa shape index (κ2) is 10.7. The molecule has 1 aliphatic rings. The number of hydrogen-bond acceptors (Lipinski definition) is 4. The molecule has 1 aliphatic carbocycles. The summed E-state index contributed by atoms with van der Waals surface area (Å²) in [4.78, 5) is 37.2. The van der Waals surface area contributed by atoms with Gasteiger partial charge in [0.05, 0.1) is 5.41 Å². The van der Waals surface area contributed by atoms with Crippen molar-refractivity contribution in [3.05, 3.63) is 59.7 Å². The van der Waals surface area contributed by atoms with Gasteiger partial charge in [0.25, 0.3) is 0 Å². The van der Waals surface area contributed by atoms with E-state index < -0.39 is 29.4 Å². The molecule has 0 saturated carbocycles. The SMILES string of the molecule is CCC(CC)(CNC(=O)[C@@H](NC(=O)OCC1c2ccccc2-c2ccccc21)C(C)C)C(=O)O. The zero-order chi connectivity index (χ0) is 24.9. The molecule has 2 aromatic carbocycles. The predicted molar refractivity (Wildman–Crippen MR) is 130 cm³/mol. The Hall–Kier alpha value is -3.35. The summed E-state index contributed by atoms with van der Waals surface area (Å²) in [5, 5.41) is 15.0. The topological polar surface area (TPSA) is 105 Å². The van der Waals surface area contributed by atoms with Gasteiger partial charge in [0.15, 0.2) is 0 Å². The number of benzene rings is 2. The number of carbonyl (C=O) groups is 3. The molecular weight excluding hydrogens is 432 g/mol. The highest BCUT2D eigenvalue weighted by Gasteiger charge is 2.36. The summed E-state index contributed by atoms with van der Waals surface area (Å²) < 4.78 is 5.57. The lowest BCUT2D eigenvalue weighted by atomic mass is 9.82. The molecule has 0 aromatic heterocycles. The summed E-state index contributed by atoms with van der Waals surface area (Å²) in [5.74, 6) is -1.64. The van der Waals surface area contributed by atoms with Crippen molar-refractivity contribution in [3.63, 3.8) is 0 Å². The second-order valence-electron chi connectivity index (χ2n) is 9.20. The highest BCUT2D eigenvalue weighted by molar-refractivity contribution is 5.86. The number of nitrogens with one attached hydrogen (secondary N) is 2. The van der Waals surface area contributed by atoms with E-state index in [1.54, 1.807) is 13.8 Å². The molecular formula is C27H34N2O5. The third-order valence-corrected chi connectivity index (χ3v) is 6.97. The predicted octanol–water partition coefficient (Wildman–Crippen LogP) is 4.56. The molecule has 0 heterocycles. The van der Waals surface area contributed by atoms with Crippen LogP contribution >= 0.6 is 0 Å². The smallest absolute Gasteiger partial charge is 0.407 e.